The summed E-state index contributed by atoms with van der Waals surface area (Å²) in [6.45, 7) is 2.79. The third kappa shape index (κ3) is 5.64. The fourth-order valence-electron chi connectivity index (χ4n) is 3.87. The topological polar surface area (TPSA) is 66.5 Å². The summed E-state index contributed by atoms with van der Waals surface area (Å²) >= 11 is 0. The number of halogens is 2. The van der Waals surface area contributed by atoms with E-state index in [0.29, 0.717) is 43.5 Å². The molecule has 0 spiro atoms. The highest BCUT2D eigenvalue weighted by atomic mass is 32.2. The zero-order chi connectivity index (χ0) is 21.9. The molecule has 30 heavy (non-hydrogen) atoms. The van der Waals surface area contributed by atoms with Crippen molar-refractivity contribution in [1.82, 2.24) is 9.62 Å². The van der Waals surface area contributed by atoms with Gasteiger partial charge in [-0.25, -0.2) is 21.9 Å². The Balaban J connectivity index is 1.79. The van der Waals surface area contributed by atoms with Gasteiger partial charge >= 0.3 is 0 Å². The SMILES string of the molecule is Cc1ccc(CC(=O)N2CCC[C@H](NS(C)(=O)=O)CC2)c(-c2c(F)cccc2F)c1. The lowest BCUT2D eigenvalue weighted by atomic mass is 9.94. The summed E-state index contributed by atoms with van der Waals surface area (Å²) < 4.78 is 54.3. The van der Waals surface area contributed by atoms with Crippen LogP contribution < -0.4 is 4.72 Å². The fraction of sp³-hybridized carbons (Fsp3) is 0.409. The Labute approximate surface area is 176 Å². The van der Waals surface area contributed by atoms with Crippen molar-refractivity contribution in [1.29, 1.82) is 0 Å². The molecule has 162 valence electrons. The molecule has 0 aromatic heterocycles. The molecule has 8 heteroatoms. The summed E-state index contributed by atoms with van der Waals surface area (Å²) in [6, 6.07) is 8.78. The van der Waals surface area contributed by atoms with Crippen molar-refractivity contribution < 1.29 is 22.0 Å². The number of aryl methyl sites for hydroxylation is 1. The van der Waals surface area contributed by atoms with E-state index < -0.39 is 21.7 Å². The van der Waals surface area contributed by atoms with E-state index in [4.69, 9.17) is 0 Å². The van der Waals surface area contributed by atoms with Crippen LogP contribution in [0, 0.1) is 18.6 Å². The van der Waals surface area contributed by atoms with Gasteiger partial charge in [-0.05, 0) is 49.4 Å². The Hall–Kier alpha value is -2.32. The van der Waals surface area contributed by atoms with Crippen molar-refractivity contribution in [2.75, 3.05) is 19.3 Å². The van der Waals surface area contributed by atoms with Crippen molar-refractivity contribution in [2.24, 2.45) is 0 Å². The van der Waals surface area contributed by atoms with E-state index in [0.717, 1.165) is 11.8 Å². The van der Waals surface area contributed by atoms with Crippen molar-refractivity contribution in [3.8, 4) is 11.1 Å². The highest BCUT2D eigenvalue weighted by Crippen LogP contribution is 2.30. The summed E-state index contributed by atoms with van der Waals surface area (Å²) in [5.74, 6) is -1.48. The van der Waals surface area contributed by atoms with Crippen LogP contribution in [0.3, 0.4) is 0 Å². The molecule has 1 amide bonds. The minimum absolute atomic E-state index is 0.0214. The van der Waals surface area contributed by atoms with Crippen molar-refractivity contribution in [3.63, 3.8) is 0 Å². The van der Waals surface area contributed by atoms with Gasteiger partial charge in [0, 0.05) is 19.1 Å². The number of carbonyl (C=O) groups excluding carboxylic acids is 1. The Morgan fingerprint density at radius 3 is 2.50 bits per heavy atom. The number of likely N-dealkylation sites (tertiary alicyclic amines) is 1. The minimum Gasteiger partial charge on any atom is -0.342 e. The first-order valence-electron chi connectivity index (χ1n) is 9.93. The normalized spacial score (nSPS) is 17.6. The number of nitrogens with zero attached hydrogens (tertiary/aromatic N) is 1. The summed E-state index contributed by atoms with van der Waals surface area (Å²) in [5, 5.41) is 0. The van der Waals surface area contributed by atoms with Crippen LogP contribution in [0.1, 0.15) is 30.4 Å². The quantitative estimate of drug-likeness (QED) is 0.781. The first kappa shape index (κ1) is 22.4. The predicted molar refractivity (Wildman–Crippen MR) is 112 cm³/mol. The summed E-state index contributed by atoms with van der Waals surface area (Å²) in [4.78, 5) is 14.6. The zero-order valence-corrected chi connectivity index (χ0v) is 17.9. The number of rotatable bonds is 5. The largest absolute Gasteiger partial charge is 0.342 e. The Morgan fingerprint density at radius 2 is 1.83 bits per heavy atom. The molecular formula is C22H26F2N2O3S. The van der Waals surface area contributed by atoms with E-state index in [-0.39, 0.29) is 23.9 Å². The number of sulfonamides is 1. The summed E-state index contributed by atoms with van der Waals surface area (Å²) in [6.07, 6.45) is 3.02. The van der Waals surface area contributed by atoms with Crippen LogP contribution in [0.15, 0.2) is 36.4 Å². The van der Waals surface area contributed by atoms with Crippen LogP contribution in [0.2, 0.25) is 0 Å². The molecule has 0 saturated carbocycles. The molecule has 0 unspecified atom stereocenters. The van der Waals surface area contributed by atoms with E-state index in [1.807, 2.05) is 13.0 Å². The molecular weight excluding hydrogens is 410 g/mol. The molecule has 1 saturated heterocycles. The van der Waals surface area contributed by atoms with Crippen LogP contribution in [0.5, 0.6) is 0 Å². The summed E-state index contributed by atoms with van der Waals surface area (Å²) in [5.41, 5.74) is 1.65. The van der Waals surface area contributed by atoms with Crippen LogP contribution >= 0.6 is 0 Å². The molecule has 1 heterocycles. The van der Waals surface area contributed by atoms with Crippen LogP contribution in [-0.2, 0) is 21.2 Å². The van der Waals surface area contributed by atoms with Gasteiger partial charge in [0.25, 0.3) is 0 Å². The van der Waals surface area contributed by atoms with Gasteiger partial charge in [0.2, 0.25) is 15.9 Å². The maximum Gasteiger partial charge on any atom is 0.227 e. The van der Waals surface area contributed by atoms with Gasteiger partial charge in [-0.3, -0.25) is 4.79 Å². The van der Waals surface area contributed by atoms with Gasteiger partial charge in [-0.2, -0.15) is 0 Å². The zero-order valence-electron chi connectivity index (χ0n) is 17.1. The Kier molecular flexibility index (Phi) is 6.88. The molecule has 1 N–H and O–H groups in total. The molecule has 1 fully saturated rings. The van der Waals surface area contributed by atoms with Gasteiger partial charge in [0.05, 0.1) is 18.2 Å². The molecule has 3 rings (SSSR count). The van der Waals surface area contributed by atoms with E-state index in [1.165, 1.54) is 18.2 Å². The second kappa shape index (κ2) is 9.22. The minimum atomic E-state index is -3.30. The monoisotopic (exact) mass is 436 g/mol. The first-order chi connectivity index (χ1) is 14.1. The maximum atomic E-state index is 14.4. The Morgan fingerprint density at radius 1 is 1.13 bits per heavy atom. The van der Waals surface area contributed by atoms with Crippen LogP contribution in [0.4, 0.5) is 8.78 Å². The molecule has 1 atom stereocenters. The average Bonchev–Trinajstić information content (AvgIpc) is 2.88. The van der Waals surface area contributed by atoms with Crippen LogP contribution in [0.25, 0.3) is 11.1 Å². The highest BCUT2D eigenvalue weighted by molar-refractivity contribution is 7.88. The third-order valence-corrected chi connectivity index (χ3v) is 6.06. The van der Waals surface area contributed by atoms with Gasteiger partial charge < -0.3 is 4.90 Å². The molecule has 0 radical (unpaired) electrons. The van der Waals surface area contributed by atoms with E-state index >= 15 is 0 Å². The van der Waals surface area contributed by atoms with Gasteiger partial charge in [-0.1, -0.05) is 29.8 Å². The third-order valence-electron chi connectivity index (χ3n) is 5.30. The number of hydrogen-bond acceptors (Lipinski definition) is 3. The number of hydrogen-bond donors (Lipinski definition) is 1. The van der Waals surface area contributed by atoms with E-state index in [1.54, 1.807) is 17.0 Å². The fourth-order valence-corrected chi connectivity index (χ4v) is 4.71. The molecule has 0 aliphatic carbocycles. The molecule has 1 aliphatic heterocycles. The molecule has 0 bridgehead atoms. The number of amides is 1. The number of carbonyl (C=O) groups is 1. The predicted octanol–water partition coefficient (Wildman–Crippen LogP) is 3.41. The molecule has 2 aromatic rings. The average molecular weight is 437 g/mol. The number of nitrogens with one attached hydrogen (secondary N) is 1. The standard InChI is InChI=1S/C22H26F2N2O3S/c1-15-8-9-16(18(13-15)22-19(23)6-3-7-20(22)24)14-21(27)26-11-4-5-17(10-12-26)25-30(2,28)29/h3,6-9,13,17,25H,4-5,10-12,14H2,1-2H3/t17-/m0/s1. The lowest BCUT2D eigenvalue weighted by Crippen LogP contribution is -2.36. The van der Waals surface area contributed by atoms with Gasteiger partial charge in [0.15, 0.2) is 0 Å². The lowest BCUT2D eigenvalue weighted by Gasteiger charge is -2.22. The second-order valence-corrected chi connectivity index (χ2v) is 9.61. The number of benzene rings is 2. The van der Waals surface area contributed by atoms with Gasteiger partial charge in [0.1, 0.15) is 11.6 Å². The van der Waals surface area contributed by atoms with Crippen molar-refractivity contribution in [3.05, 3.63) is 59.2 Å². The molecule has 5 nitrogen and oxygen atoms in total. The highest BCUT2D eigenvalue weighted by Gasteiger charge is 2.24. The van der Waals surface area contributed by atoms with Crippen LogP contribution in [-0.4, -0.2) is 44.6 Å². The Bertz CT molecular complexity index is 1020. The molecule has 2 aromatic carbocycles. The van der Waals surface area contributed by atoms with Crippen molar-refractivity contribution >= 4 is 15.9 Å². The van der Waals surface area contributed by atoms with E-state index in [9.17, 15) is 22.0 Å². The summed E-state index contributed by atoms with van der Waals surface area (Å²) in [7, 11) is -3.30. The first-order valence-corrected chi connectivity index (χ1v) is 11.8. The second-order valence-electron chi connectivity index (χ2n) is 7.83. The smallest absolute Gasteiger partial charge is 0.227 e. The lowest BCUT2D eigenvalue weighted by molar-refractivity contribution is -0.130. The van der Waals surface area contributed by atoms with Crippen molar-refractivity contribution in [2.45, 2.75) is 38.6 Å². The van der Waals surface area contributed by atoms with E-state index in [2.05, 4.69) is 4.72 Å². The van der Waals surface area contributed by atoms with Gasteiger partial charge in [-0.15, -0.1) is 0 Å². The molecule has 1 aliphatic rings. The maximum absolute atomic E-state index is 14.4.